The van der Waals surface area contributed by atoms with Gasteiger partial charge in [-0.2, -0.15) is 4.31 Å². The standard InChI is InChI=1S/C22H22N2O4S2/c25-22(16-29-20-9-8-17-4-1-2-5-18(17)14-20)23-19-6-3-7-21(15-19)30(26,27)24-10-12-28-13-11-24/h1-9,14-15H,10-13,16H2,(H,23,25). The fraction of sp³-hybridized carbons (Fsp3) is 0.227. The van der Waals surface area contributed by atoms with Crippen LogP contribution in [0.3, 0.4) is 0 Å². The maximum absolute atomic E-state index is 12.8. The highest BCUT2D eigenvalue weighted by Gasteiger charge is 2.26. The molecule has 1 amide bonds. The Kier molecular flexibility index (Phi) is 6.38. The van der Waals surface area contributed by atoms with E-state index in [2.05, 4.69) is 17.4 Å². The number of sulfonamides is 1. The van der Waals surface area contributed by atoms with E-state index >= 15 is 0 Å². The van der Waals surface area contributed by atoms with Crippen LogP contribution < -0.4 is 5.32 Å². The summed E-state index contributed by atoms with van der Waals surface area (Å²) in [5.74, 6) is 0.0489. The Labute approximate surface area is 180 Å². The summed E-state index contributed by atoms with van der Waals surface area (Å²) in [5, 5.41) is 5.08. The summed E-state index contributed by atoms with van der Waals surface area (Å²) in [6, 6.07) is 20.5. The minimum Gasteiger partial charge on any atom is -0.379 e. The molecule has 0 aliphatic carbocycles. The van der Waals surface area contributed by atoms with Crippen LogP contribution in [0.15, 0.2) is 76.5 Å². The van der Waals surface area contributed by atoms with E-state index in [4.69, 9.17) is 4.74 Å². The van der Waals surface area contributed by atoms with Crippen molar-refractivity contribution >= 4 is 44.2 Å². The van der Waals surface area contributed by atoms with Crippen LogP contribution in [0.2, 0.25) is 0 Å². The van der Waals surface area contributed by atoms with E-state index < -0.39 is 10.0 Å². The van der Waals surface area contributed by atoms with Gasteiger partial charge in [-0.3, -0.25) is 4.79 Å². The van der Waals surface area contributed by atoms with Crippen LogP contribution in [0.5, 0.6) is 0 Å². The summed E-state index contributed by atoms with van der Waals surface area (Å²) >= 11 is 1.44. The molecule has 4 rings (SSSR count). The molecule has 1 aliphatic heterocycles. The van der Waals surface area contributed by atoms with E-state index in [1.54, 1.807) is 18.2 Å². The third-order valence-electron chi connectivity index (χ3n) is 4.82. The maximum atomic E-state index is 12.8. The number of benzene rings is 3. The monoisotopic (exact) mass is 442 g/mol. The second-order valence-electron chi connectivity index (χ2n) is 6.89. The lowest BCUT2D eigenvalue weighted by Gasteiger charge is -2.26. The van der Waals surface area contributed by atoms with Crippen LogP contribution in [-0.4, -0.2) is 50.7 Å². The second kappa shape index (κ2) is 9.18. The first-order valence-electron chi connectivity index (χ1n) is 9.62. The van der Waals surface area contributed by atoms with Crippen molar-refractivity contribution in [1.29, 1.82) is 0 Å². The lowest BCUT2D eigenvalue weighted by Crippen LogP contribution is -2.40. The fourth-order valence-electron chi connectivity index (χ4n) is 3.27. The summed E-state index contributed by atoms with van der Waals surface area (Å²) in [6.45, 7) is 1.45. The number of hydrogen-bond acceptors (Lipinski definition) is 5. The van der Waals surface area contributed by atoms with Gasteiger partial charge in [0.05, 0.1) is 23.9 Å². The third-order valence-corrected chi connectivity index (χ3v) is 7.70. The van der Waals surface area contributed by atoms with E-state index in [9.17, 15) is 13.2 Å². The van der Waals surface area contributed by atoms with Crippen molar-refractivity contribution in [3.05, 3.63) is 66.7 Å². The summed E-state index contributed by atoms with van der Waals surface area (Å²) in [7, 11) is -3.60. The zero-order valence-electron chi connectivity index (χ0n) is 16.3. The molecule has 0 spiro atoms. The number of amides is 1. The topological polar surface area (TPSA) is 75.7 Å². The quantitative estimate of drug-likeness (QED) is 0.591. The number of thioether (sulfide) groups is 1. The van der Waals surface area contributed by atoms with E-state index in [1.165, 1.54) is 22.1 Å². The van der Waals surface area contributed by atoms with Gasteiger partial charge < -0.3 is 10.1 Å². The lowest BCUT2D eigenvalue weighted by atomic mass is 10.1. The van der Waals surface area contributed by atoms with Gasteiger partial charge >= 0.3 is 0 Å². The molecule has 0 atom stereocenters. The predicted octanol–water partition coefficient (Wildman–Crippen LogP) is 3.59. The van der Waals surface area contributed by atoms with E-state index in [1.807, 2.05) is 30.3 Å². The fourth-order valence-corrected chi connectivity index (χ4v) is 5.47. The smallest absolute Gasteiger partial charge is 0.243 e. The molecule has 0 unspecified atom stereocenters. The number of anilines is 1. The SMILES string of the molecule is O=C(CSc1ccc2ccccc2c1)Nc1cccc(S(=O)(=O)N2CCOCC2)c1. The van der Waals surface area contributed by atoms with Gasteiger partial charge in [0, 0.05) is 23.7 Å². The second-order valence-corrected chi connectivity index (χ2v) is 9.88. The van der Waals surface area contributed by atoms with Gasteiger partial charge in [0.15, 0.2) is 0 Å². The minimum absolute atomic E-state index is 0.171. The maximum Gasteiger partial charge on any atom is 0.243 e. The number of nitrogens with zero attached hydrogens (tertiary/aromatic N) is 1. The van der Waals surface area contributed by atoms with Crippen LogP contribution in [0.4, 0.5) is 5.69 Å². The van der Waals surface area contributed by atoms with Crippen molar-refractivity contribution in [3.63, 3.8) is 0 Å². The molecule has 1 saturated heterocycles. The van der Waals surface area contributed by atoms with Crippen LogP contribution in [0.25, 0.3) is 10.8 Å². The average Bonchev–Trinajstić information content (AvgIpc) is 2.78. The van der Waals surface area contributed by atoms with Crippen LogP contribution in [0, 0.1) is 0 Å². The Balaban J connectivity index is 1.40. The van der Waals surface area contributed by atoms with Crippen molar-refractivity contribution in [2.75, 3.05) is 37.4 Å². The van der Waals surface area contributed by atoms with Crippen molar-refractivity contribution < 1.29 is 17.9 Å². The van der Waals surface area contributed by atoms with Gasteiger partial charge in [0.1, 0.15) is 0 Å². The molecule has 3 aromatic carbocycles. The summed E-state index contributed by atoms with van der Waals surface area (Å²) in [4.78, 5) is 13.6. The van der Waals surface area contributed by atoms with Crippen molar-refractivity contribution in [2.45, 2.75) is 9.79 Å². The first-order chi connectivity index (χ1) is 14.5. The number of nitrogens with one attached hydrogen (secondary N) is 1. The summed E-state index contributed by atoms with van der Waals surface area (Å²) in [6.07, 6.45) is 0. The molecule has 30 heavy (non-hydrogen) atoms. The first kappa shape index (κ1) is 20.9. The Morgan fingerprint density at radius 1 is 0.967 bits per heavy atom. The van der Waals surface area contributed by atoms with Gasteiger partial charge in [-0.25, -0.2) is 8.42 Å². The highest BCUT2D eigenvalue weighted by Crippen LogP contribution is 2.24. The highest BCUT2D eigenvalue weighted by molar-refractivity contribution is 8.00. The first-order valence-corrected chi connectivity index (χ1v) is 12.0. The molecule has 6 nitrogen and oxygen atoms in total. The molecule has 0 aromatic heterocycles. The molecule has 156 valence electrons. The zero-order valence-corrected chi connectivity index (χ0v) is 17.9. The Morgan fingerprint density at radius 2 is 1.73 bits per heavy atom. The Bertz CT molecular complexity index is 1160. The molecular formula is C22H22N2O4S2. The molecule has 1 N–H and O–H groups in total. The Hall–Kier alpha value is -2.39. The summed E-state index contributed by atoms with van der Waals surface area (Å²) < 4.78 is 32.2. The lowest BCUT2D eigenvalue weighted by molar-refractivity contribution is -0.113. The molecule has 0 radical (unpaired) electrons. The van der Waals surface area contributed by atoms with E-state index in [0.717, 1.165) is 15.7 Å². The number of carbonyl (C=O) groups is 1. The van der Waals surface area contributed by atoms with Crippen molar-refractivity contribution in [3.8, 4) is 0 Å². The predicted molar refractivity (Wildman–Crippen MR) is 119 cm³/mol. The van der Waals surface area contributed by atoms with E-state index in [-0.39, 0.29) is 16.6 Å². The number of fused-ring (bicyclic) bond motifs is 1. The average molecular weight is 443 g/mol. The van der Waals surface area contributed by atoms with Gasteiger partial charge in [0.2, 0.25) is 15.9 Å². The molecular weight excluding hydrogens is 420 g/mol. The molecule has 1 aliphatic rings. The minimum atomic E-state index is -3.60. The van der Waals surface area contributed by atoms with Crippen LogP contribution >= 0.6 is 11.8 Å². The largest absolute Gasteiger partial charge is 0.379 e. The van der Waals surface area contributed by atoms with Gasteiger partial charge in [-0.1, -0.05) is 36.4 Å². The number of rotatable bonds is 6. The molecule has 1 heterocycles. The van der Waals surface area contributed by atoms with Crippen LogP contribution in [0.1, 0.15) is 0 Å². The molecule has 0 saturated carbocycles. The van der Waals surface area contributed by atoms with Crippen molar-refractivity contribution in [2.24, 2.45) is 0 Å². The van der Waals surface area contributed by atoms with E-state index in [0.29, 0.717) is 32.0 Å². The van der Waals surface area contributed by atoms with Gasteiger partial charge in [0.25, 0.3) is 0 Å². The molecule has 0 bridgehead atoms. The summed E-state index contributed by atoms with van der Waals surface area (Å²) in [5.41, 5.74) is 0.466. The molecule has 3 aromatic rings. The van der Waals surface area contributed by atoms with Gasteiger partial charge in [-0.05, 0) is 41.1 Å². The van der Waals surface area contributed by atoms with Crippen LogP contribution in [-0.2, 0) is 19.6 Å². The number of carbonyl (C=O) groups excluding carboxylic acids is 1. The number of hydrogen-bond donors (Lipinski definition) is 1. The number of ether oxygens (including phenoxy) is 1. The normalized spacial score (nSPS) is 15.2. The molecule has 8 heteroatoms. The van der Waals surface area contributed by atoms with Crippen molar-refractivity contribution in [1.82, 2.24) is 4.31 Å². The number of morpholine rings is 1. The highest BCUT2D eigenvalue weighted by atomic mass is 32.2. The molecule has 1 fully saturated rings. The third kappa shape index (κ3) is 4.84. The Morgan fingerprint density at radius 3 is 2.53 bits per heavy atom. The van der Waals surface area contributed by atoms with Gasteiger partial charge in [-0.15, -0.1) is 11.8 Å². The zero-order chi connectivity index (χ0) is 21.0.